The smallest absolute Gasteiger partial charge is 0.240 e. The number of nitrogens with two attached hydrogens (primary N) is 1. The molecule has 110 valence electrons. The molecule has 0 spiro atoms. The summed E-state index contributed by atoms with van der Waals surface area (Å²) < 4.78 is 26.7. The summed E-state index contributed by atoms with van der Waals surface area (Å²) >= 11 is 10.6. The standard InChI is InChI=1S/C14H13ClN2O2S2/c15-12-5-7-13(8-6-12)21(18,19)17-9-10-1-3-11(4-2-10)14(16)20/h1-8,17H,9H2,(H2,16,20). The maximum Gasteiger partial charge on any atom is 0.240 e. The lowest BCUT2D eigenvalue weighted by Crippen LogP contribution is -2.23. The van der Waals surface area contributed by atoms with E-state index < -0.39 is 10.0 Å². The Kier molecular flexibility index (Phi) is 4.95. The second-order valence-corrected chi connectivity index (χ2v) is 6.98. The highest BCUT2D eigenvalue weighted by atomic mass is 35.5. The first-order valence-corrected chi connectivity index (χ1v) is 8.29. The van der Waals surface area contributed by atoms with Gasteiger partial charge < -0.3 is 5.73 Å². The summed E-state index contributed by atoms with van der Waals surface area (Å²) in [5, 5.41) is 0.488. The maximum atomic E-state index is 12.1. The number of benzene rings is 2. The Balaban J connectivity index is 2.08. The van der Waals surface area contributed by atoms with Crippen molar-refractivity contribution >= 4 is 38.8 Å². The van der Waals surface area contributed by atoms with Gasteiger partial charge in [0.1, 0.15) is 4.99 Å². The van der Waals surface area contributed by atoms with Crippen molar-refractivity contribution in [2.45, 2.75) is 11.4 Å². The van der Waals surface area contributed by atoms with Gasteiger partial charge in [-0.25, -0.2) is 13.1 Å². The van der Waals surface area contributed by atoms with E-state index in [1.54, 1.807) is 24.3 Å². The third-order valence-electron chi connectivity index (χ3n) is 2.83. The van der Waals surface area contributed by atoms with Gasteiger partial charge >= 0.3 is 0 Å². The van der Waals surface area contributed by atoms with E-state index in [0.717, 1.165) is 11.1 Å². The van der Waals surface area contributed by atoms with Crippen LogP contribution >= 0.6 is 23.8 Å². The lowest BCUT2D eigenvalue weighted by molar-refractivity contribution is 0.581. The van der Waals surface area contributed by atoms with E-state index in [2.05, 4.69) is 4.72 Å². The minimum Gasteiger partial charge on any atom is -0.389 e. The number of thiocarbonyl (C=S) groups is 1. The first kappa shape index (κ1) is 15.9. The predicted molar refractivity (Wildman–Crippen MR) is 87.8 cm³/mol. The minimum atomic E-state index is -3.56. The van der Waals surface area contributed by atoms with Gasteiger partial charge in [-0.15, -0.1) is 0 Å². The lowest BCUT2D eigenvalue weighted by atomic mass is 10.1. The highest BCUT2D eigenvalue weighted by Crippen LogP contribution is 2.14. The minimum absolute atomic E-state index is 0.173. The summed E-state index contributed by atoms with van der Waals surface area (Å²) in [6, 6.07) is 13.1. The Bertz CT molecular complexity index is 742. The average Bonchev–Trinajstić information content (AvgIpc) is 2.46. The Morgan fingerprint density at radius 2 is 1.67 bits per heavy atom. The number of sulfonamides is 1. The van der Waals surface area contributed by atoms with Crippen LogP contribution in [0.2, 0.25) is 5.02 Å². The van der Waals surface area contributed by atoms with Crippen LogP contribution in [-0.2, 0) is 16.6 Å². The Labute approximate surface area is 134 Å². The molecule has 7 heteroatoms. The third kappa shape index (κ3) is 4.25. The van der Waals surface area contributed by atoms with E-state index in [1.807, 2.05) is 0 Å². The molecule has 0 heterocycles. The molecule has 0 aliphatic heterocycles. The molecule has 0 amide bonds. The van der Waals surface area contributed by atoms with Crippen molar-refractivity contribution in [3.63, 3.8) is 0 Å². The average molecular weight is 341 g/mol. The zero-order valence-corrected chi connectivity index (χ0v) is 13.3. The van der Waals surface area contributed by atoms with Gasteiger partial charge in [-0.05, 0) is 29.8 Å². The molecule has 0 radical (unpaired) electrons. The van der Waals surface area contributed by atoms with Crippen molar-refractivity contribution in [2.24, 2.45) is 5.73 Å². The molecular weight excluding hydrogens is 328 g/mol. The Morgan fingerprint density at radius 1 is 1.10 bits per heavy atom. The van der Waals surface area contributed by atoms with Crippen molar-refractivity contribution in [1.82, 2.24) is 4.72 Å². The van der Waals surface area contributed by atoms with E-state index in [1.165, 1.54) is 24.3 Å². The molecule has 0 bridgehead atoms. The normalized spacial score (nSPS) is 11.3. The molecular formula is C14H13ClN2O2S2. The quantitative estimate of drug-likeness (QED) is 0.820. The first-order valence-electron chi connectivity index (χ1n) is 6.02. The molecule has 21 heavy (non-hydrogen) atoms. The molecule has 0 aliphatic rings. The number of rotatable bonds is 5. The highest BCUT2D eigenvalue weighted by molar-refractivity contribution is 7.89. The van der Waals surface area contributed by atoms with Gasteiger partial charge in [-0.1, -0.05) is 48.1 Å². The molecule has 2 rings (SSSR count). The molecule has 2 aromatic carbocycles. The van der Waals surface area contributed by atoms with Crippen molar-refractivity contribution in [2.75, 3.05) is 0 Å². The van der Waals surface area contributed by atoms with Crippen molar-refractivity contribution in [3.05, 3.63) is 64.7 Å². The highest BCUT2D eigenvalue weighted by Gasteiger charge is 2.13. The topological polar surface area (TPSA) is 72.2 Å². The fourth-order valence-electron chi connectivity index (χ4n) is 1.66. The van der Waals surface area contributed by atoms with Gasteiger partial charge in [0.15, 0.2) is 0 Å². The molecule has 0 saturated carbocycles. The number of halogens is 1. The molecule has 2 aromatic rings. The maximum absolute atomic E-state index is 12.1. The summed E-state index contributed by atoms with van der Waals surface area (Å²) in [5.41, 5.74) is 7.06. The second-order valence-electron chi connectivity index (χ2n) is 4.34. The van der Waals surface area contributed by atoms with Crippen LogP contribution in [0.25, 0.3) is 0 Å². The van der Waals surface area contributed by atoms with Crippen LogP contribution in [0.3, 0.4) is 0 Å². The predicted octanol–water partition coefficient (Wildman–Crippen LogP) is 2.45. The number of hydrogen-bond acceptors (Lipinski definition) is 3. The fraction of sp³-hybridized carbons (Fsp3) is 0.0714. The van der Waals surface area contributed by atoms with Gasteiger partial charge in [0.25, 0.3) is 0 Å². The van der Waals surface area contributed by atoms with E-state index in [-0.39, 0.29) is 11.4 Å². The van der Waals surface area contributed by atoms with E-state index in [4.69, 9.17) is 29.6 Å². The van der Waals surface area contributed by atoms with E-state index in [0.29, 0.717) is 10.0 Å². The van der Waals surface area contributed by atoms with Gasteiger partial charge in [-0.2, -0.15) is 0 Å². The fourth-order valence-corrected chi connectivity index (χ4v) is 2.94. The number of hydrogen-bond donors (Lipinski definition) is 2. The largest absolute Gasteiger partial charge is 0.389 e. The zero-order valence-electron chi connectivity index (χ0n) is 10.9. The Morgan fingerprint density at radius 3 is 2.19 bits per heavy atom. The van der Waals surface area contributed by atoms with Crippen LogP contribution in [-0.4, -0.2) is 13.4 Å². The lowest BCUT2D eigenvalue weighted by Gasteiger charge is -2.07. The SMILES string of the molecule is NC(=S)c1ccc(CNS(=O)(=O)c2ccc(Cl)cc2)cc1. The van der Waals surface area contributed by atoms with Crippen molar-refractivity contribution in [3.8, 4) is 0 Å². The van der Waals surface area contributed by atoms with Crippen molar-refractivity contribution < 1.29 is 8.42 Å². The summed E-state index contributed by atoms with van der Waals surface area (Å²) in [4.78, 5) is 0.481. The van der Waals surface area contributed by atoms with Gasteiger partial charge in [0, 0.05) is 17.1 Å². The monoisotopic (exact) mass is 340 g/mol. The summed E-state index contributed by atoms with van der Waals surface area (Å²) in [6.07, 6.45) is 0. The molecule has 0 atom stereocenters. The van der Waals surface area contributed by atoms with Crippen LogP contribution in [0, 0.1) is 0 Å². The molecule has 0 saturated heterocycles. The van der Waals surface area contributed by atoms with E-state index in [9.17, 15) is 8.42 Å². The molecule has 0 unspecified atom stereocenters. The number of nitrogens with one attached hydrogen (secondary N) is 1. The molecule has 4 nitrogen and oxygen atoms in total. The molecule has 3 N–H and O–H groups in total. The molecule has 0 fully saturated rings. The van der Waals surface area contributed by atoms with Gasteiger partial charge in [0.2, 0.25) is 10.0 Å². The van der Waals surface area contributed by atoms with Crippen LogP contribution in [0.5, 0.6) is 0 Å². The van der Waals surface area contributed by atoms with Crippen molar-refractivity contribution in [1.29, 1.82) is 0 Å². The summed E-state index contributed by atoms with van der Waals surface area (Å²) in [5.74, 6) is 0. The zero-order chi connectivity index (χ0) is 15.5. The summed E-state index contributed by atoms with van der Waals surface area (Å²) in [6.45, 7) is 0.183. The van der Waals surface area contributed by atoms with Crippen LogP contribution < -0.4 is 10.5 Å². The Hall–Kier alpha value is -1.47. The molecule has 0 aliphatic carbocycles. The van der Waals surface area contributed by atoms with Gasteiger partial charge in [0.05, 0.1) is 4.90 Å². The van der Waals surface area contributed by atoms with Crippen LogP contribution in [0.1, 0.15) is 11.1 Å². The van der Waals surface area contributed by atoms with Gasteiger partial charge in [-0.3, -0.25) is 0 Å². The van der Waals surface area contributed by atoms with Crippen LogP contribution in [0.4, 0.5) is 0 Å². The summed E-state index contributed by atoms with van der Waals surface area (Å²) in [7, 11) is -3.56. The first-order chi connectivity index (χ1) is 9.88. The third-order valence-corrected chi connectivity index (χ3v) is 4.73. The second kappa shape index (κ2) is 6.53. The van der Waals surface area contributed by atoms with Crippen LogP contribution in [0.15, 0.2) is 53.4 Å². The molecule has 0 aromatic heterocycles. The van der Waals surface area contributed by atoms with E-state index >= 15 is 0 Å².